The Bertz CT molecular complexity index is 463. The van der Waals surface area contributed by atoms with Gasteiger partial charge < -0.3 is 11.1 Å². The molecule has 0 spiro atoms. The van der Waals surface area contributed by atoms with E-state index in [0.29, 0.717) is 16.6 Å². The summed E-state index contributed by atoms with van der Waals surface area (Å²) in [6, 6.07) is 3.93. The lowest BCUT2D eigenvalue weighted by atomic mass is 10.2. The van der Waals surface area contributed by atoms with Gasteiger partial charge in [0.1, 0.15) is 10.8 Å². The van der Waals surface area contributed by atoms with Gasteiger partial charge >= 0.3 is 0 Å². The molecule has 100 valence electrons. The minimum Gasteiger partial charge on any atom is -0.389 e. The van der Waals surface area contributed by atoms with Gasteiger partial charge in [0.15, 0.2) is 0 Å². The number of aryl methyl sites for hydroxylation is 1. The minimum atomic E-state index is -0.774. The molecule has 18 heavy (non-hydrogen) atoms. The average Bonchev–Trinajstić information content (AvgIpc) is 2.26. The van der Waals surface area contributed by atoms with Crippen LogP contribution in [0.2, 0.25) is 0 Å². The van der Waals surface area contributed by atoms with Crippen molar-refractivity contribution >= 4 is 33.8 Å². The van der Waals surface area contributed by atoms with E-state index in [-0.39, 0.29) is 6.04 Å². The molecule has 0 aliphatic carbocycles. The second kappa shape index (κ2) is 6.80. The predicted octanol–water partition coefficient (Wildman–Crippen LogP) is 1.59. The Balaban J connectivity index is 2.79. The van der Waals surface area contributed by atoms with Gasteiger partial charge in [-0.05, 0) is 32.4 Å². The summed E-state index contributed by atoms with van der Waals surface area (Å²) in [4.78, 5) is 4.74. The highest BCUT2D eigenvalue weighted by atomic mass is 32.2. The fourth-order valence-electron chi connectivity index (χ4n) is 1.51. The van der Waals surface area contributed by atoms with Crippen molar-refractivity contribution < 1.29 is 4.21 Å². The molecular formula is C12H19N3OS2. The van der Waals surface area contributed by atoms with Crippen molar-refractivity contribution in [3.8, 4) is 0 Å². The van der Waals surface area contributed by atoms with Gasteiger partial charge in [0, 0.05) is 34.5 Å². The van der Waals surface area contributed by atoms with E-state index in [1.165, 1.54) is 0 Å². The molecule has 0 aromatic carbocycles. The minimum absolute atomic E-state index is 0.177. The van der Waals surface area contributed by atoms with Gasteiger partial charge in [-0.3, -0.25) is 4.21 Å². The molecular weight excluding hydrogens is 266 g/mol. The van der Waals surface area contributed by atoms with Crippen LogP contribution in [0.4, 0.5) is 5.82 Å². The molecule has 2 unspecified atom stereocenters. The molecule has 1 heterocycles. The van der Waals surface area contributed by atoms with E-state index in [9.17, 15) is 4.21 Å². The van der Waals surface area contributed by atoms with Crippen LogP contribution in [0.1, 0.15) is 24.6 Å². The van der Waals surface area contributed by atoms with Crippen molar-refractivity contribution in [1.82, 2.24) is 4.98 Å². The van der Waals surface area contributed by atoms with E-state index in [1.54, 1.807) is 6.26 Å². The number of anilines is 1. The summed E-state index contributed by atoms with van der Waals surface area (Å²) >= 11 is 5.00. The molecule has 1 aromatic heterocycles. The molecule has 0 saturated heterocycles. The summed E-state index contributed by atoms with van der Waals surface area (Å²) in [7, 11) is -0.774. The zero-order valence-corrected chi connectivity index (χ0v) is 12.5. The Kier molecular flexibility index (Phi) is 5.68. The van der Waals surface area contributed by atoms with Gasteiger partial charge in [-0.15, -0.1) is 0 Å². The highest BCUT2D eigenvalue weighted by Gasteiger charge is 2.10. The van der Waals surface area contributed by atoms with Crippen molar-refractivity contribution in [3.05, 3.63) is 23.4 Å². The summed E-state index contributed by atoms with van der Waals surface area (Å²) in [5.74, 6) is 1.37. The Morgan fingerprint density at radius 3 is 2.83 bits per heavy atom. The average molecular weight is 285 g/mol. The maximum atomic E-state index is 11.1. The fourth-order valence-corrected chi connectivity index (χ4v) is 2.36. The molecule has 0 aliphatic heterocycles. The van der Waals surface area contributed by atoms with Crippen LogP contribution < -0.4 is 11.1 Å². The van der Waals surface area contributed by atoms with Crippen molar-refractivity contribution in [2.45, 2.75) is 26.3 Å². The smallest absolute Gasteiger partial charge is 0.136 e. The fraction of sp³-hybridized carbons (Fsp3) is 0.500. The topological polar surface area (TPSA) is 68.0 Å². The van der Waals surface area contributed by atoms with E-state index in [1.807, 2.05) is 26.0 Å². The zero-order valence-electron chi connectivity index (χ0n) is 10.9. The highest BCUT2D eigenvalue weighted by molar-refractivity contribution is 7.84. The van der Waals surface area contributed by atoms with E-state index < -0.39 is 10.8 Å². The van der Waals surface area contributed by atoms with Crippen molar-refractivity contribution in [2.75, 3.05) is 17.3 Å². The molecule has 0 aliphatic rings. The van der Waals surface area contributed by atoms with Crippen LogP contribution in [0.25, 0.3) is 0 Å². The van der Waals surface area contributed by atoms with Crippen LogP contribution in [0.5, 0.6) is 0 Å². The standard InChI is InChI=1S/C12H19N3OS2/c1-8-4-5-10(11(13)17)12(14-8)15-9(2)6-7-18(3)16/h4-5,9H,6-7H2,1-3H3,(H2,13,17)(H,14,15). The third-order valence-electron chi connectivity index (χ3n) is 2.52. The lowest BCUT2D eigenvalue weighted by molar-refractivity contribution is 0.678. The summed E-state index contributed by atoms with van der Waals surface area (Å²) < 4.78 is 11.1. The zero-order chi connectivity index (χ0) is 13.7. The van der Waals surface area contributed by atoms with Crippen LogP contribution >= 0.6 is 12.2 Å². The summed E-state index contributed by atoms with van der Waals surface area (Å²) in [5, 5.41) is 3.27. The van der Waals surface area contributed by atoms with Crippen LogP contribution in [0.3, 0.4) is 0 Å². The molecule has 0 saturated carbocycles. The first-order valence-electron chi connectivity index (χ1n) is 5.74. The quantitative estimate of drug-likeness (QED) is 0.777. The maximum Gasteiger partial charge on any atom is 0.136 e. The van der Waals surface area contributed by atoms with Crippen molar-refractivity contribution in [3.63, 3.8) is 0 Å². The third kappa shape index (κ3) is 4.70. The number of hydrogen-bond acceptors (Lipinski definition) is 4. The van der Waals surface area contributed by atoms with Gasteiger partial charge in [0.05, 0.1) is 5.56 Å². The summed E-state index contributed by atoms with van der Waals surface area (Å²) in [5.41, 5.74) is 7.32. The second-order valence-corrected chi connectivity index (χ2v) is 6.32. The summed E-state index contributed by atoms with van der Waals surface area (Å²) in [6.07, 6.45) is 2.52. The Labute approximate surface area is 116 Å². The van der Waals surface area contributed by atoms with E-state index in [2.05, 4.69) is 10.3 Å². The molecule has 0 bridgehead atoms. The number of pyridine rings is 1. The predicted molar refractivity (Wildman–Crippen MR) is 81.5 cm³/mol. The lowest BCUT2D eigenvalue weighted by Crippen LogP contribution is -2.22. The largest absolute Gasteiger partial charge is 0.389 e. The first-order valence-corrected chi connectivity index (χ1v) is 7.87. The molecule has 2 atom stereocenters. The van der Waals surface area contributed by atoms with Crippen LogP contribution in [0.15, 0.2) is 12.1 Å². The molecule has 0 fully saturated rings. The van der Waals surface area contributed by atoms with Gasteiger partial charge in [-0.1, -0.05) is 12.2 Å². The third-order valence-corrected chi connectivity index (χ3v) is 3.55. The van der Waals surface area contributed by atoms with Crippen LogP contribution in [-0.4, -0.2) is 32.2 Å². The van der Waals surface area contributed by atoms with Crippen molar-refractivity contribution in [1.29, 1.82) is 0 Å². The van der Waals surface area contributed by atoms with Gasteiger partial charge in [-0.25, -0.2) is 4.98 Å². The SMILES string of the molecule is Cc1ccc(C(N)=S)c(NC(C)CCS(C)=O)n1. The number of nitrogens with one attached hydrogen (secondary N) is 1. The number of hydrogen-bond donors (Lipinski definition) is 2. The molecule has 3 N–H and O–H groups in total. The lowest BCUT2D eigenvalue weighted by Gasteiger charge is -2.16. The molecule has 4 nitrogen and oxygen atoms in total. The molecule has 1 aromatic rings. The van der Waals surface area contributed by atoms with Gasteiger partial charge in [0.25, 0.3) is 0 Å². The number of aromatic nitrogens is 1. The van der Waals surface area contributed by atoms with Crippen LogP contribution in [-0.2, 0) is 10.8 Å². The molecule has 1 rings (SSSR count). The van der Waals surface area contributed by atoms with Crippen LogP contribution in [0, 0.1) is 6.92 Å². The summed E-state index contributed by atoms with van der Waals surface area (Å²) in [6.45, 7) is 3.94. The first kappa shape index (κ1) is 15.0. The molecule has 0 radical (unpaired) electrons. The van der Waals surface area contributed by atoms with E-state index in [0.717, 1.165) is 17.7 Å². The number of nitrogens with two attached hydrogens (primary N) is 1. The first-order chi connectivity index (χ1) is 8.40. The van der Waals surface area contributed by atoms with Gasteiger partial charge in [0.2, 0.25) is 0 Å². The highest BCUT2D eigenvalue weighted by Crippen LogP contribution is 2.15. The van der Waals surface area contributed by atoms with Crippen molar-refractivity contribution in [2.24, 2.45) is 5.73 Å². The molecule has 0 amide bonds. The normalized spacial score (nSPS) is 13.9. The van der Waals surface area contributed by atoms with E-state index in [4.69, 9.17) is 18.0 Å². The number of rotatable bonds is 6. The molecule has 6 heteroatoms. The second-order valence-electron chi connectivity index (χ2n) is 4.32. The van der Waals surface area contributed by atoms with E-state index >= 15 is 0 Å². The Morgan fingerprint density at radius 1 is 1.61 bits per heavy atom. The monoisotopic (exact) mass is 285 g/mol. The number of nitrogens with zero attached hydrogens (tertiary/aromatic N) is 1. The van der Waals surface area contributed by atoms with Gasteiger partial charge in [-0.2, -0.15) is 0 Å². The Hall–Kier alpha value is -1.01. The number of thiocarbonyl (C=S) groups is 1. The maximum absolute atomic E-state index is 11.1. The Morgan fingerprint density at radius 2 is 2.28 bits per heavy atom.